The molecule has 1 aliphatic heterocycles. The number of nitrogens with zero attached hydrogens (tertiary/aromatic N) is 2. The van der Waals surface area contributed by atoms with Gasteiger partial charge < -0.3 is 15.5 Å². The molecular weight excluding hydrogens is 262 g/mol. The summed E-state index contributed by atoms with van der Waals surface area (Å²) in [7, 11) is 4.29. The maximum absolute atomic E-state index is 12.8. The van der Waals surface area contributed by atoms with Crippen LogP contribution in [-0.2, 0) is 4.79 Å². The standard InChI is InChI=1S/C17H31N3O/c1-19(2)15-6-8-20(9-7-15)17(21)14-10-12-4-3-5-13(11-14)16(12)18/h12-16H,3-11,18H2,1-2H3. The number of rotatable bonds is 2. The van der Waals surface area contributed by atoms with Gasteiger partial charge in [-0.05, 0) is 64.5 Å². The lowest BCUT2D eigenvalue weighted by Crippen LogP contribution is -2.51. The molecule has 120 valence electrons. The van der Waals surface area contributed by atoms with E-state index in [-0.39, 0.29) is 5.92 Å². The Bertz CT molecular complexity index is 362. The zero-order valence-corrected chi connectivity index (χ0v) is 13.6. The van der Waals surface area contributed by atoms with Gasteiger partial charge in [0.1, 0.15) is 0 Å². The average molecular weight is 293 g/mol. The zero-order valence-electron chi connectivity index (χ0n) is 13.6. The third-order valence-corrected chi connectivity index (χ3v) is 6.27. The van der Waals surface area contributed by atoms with Crippen LogP contribution in [0.5, 0.6) is 0 Å². The van der Waals surface area contributed by atoms with Gasteiger partial charge >= 0.3 is 0 Å². The molecular formula is C17H31N3O. The van der Waals surface area contributed by atoms with E-state index in [0.717, 1.165) is 38.8 Å². The van der Waals surface area contributed by atoms with Gasteiger partial charge in [-0.25, -0.2) is 0 Å². The summed E-state index contributed by atoms with van der Waals surface area (Å²) in [6.07, 6.45) is 8.14. The van der Waals surface area contributed by atoms with Crippen molar-refractivity contribution < 1.29 is 4.79 Å². The molecule has 0 aromatic carbocycles. The van der Waals surface area contributed by atoms with E-state index >= 15 is 0 Å². The van der Waals surface area contributed by atoms with Crippen LogP contribution in [0, 0.1) is 17.8 Å². The van der Waals surface area contributed by atoms with E-state index in [4.69, 9.17) is 5.73 Å². The lowest BCUT2D eigenvalue weighted by molar-refractivity contribution is -0.140. The highest BCUT2D eigenvalue weighted by Gasteiger charge is 2.42. The van der Waals surface area contributed by atoms with Crippen LogP contribution in [0.25, 0.3) is 0 Å². The lowest BCUT2D eigenvalue weighted by Gasteiger charge is -2.45. The molecule has 4 nitrogen and oxygen atoms in total. The smallest absolute Gasteiger partial charge is 0.225 e. The number of piperidine rings is 1. The van der Waals surface area contributed by atoms with Gasteiger partial charge in [-0.2, -0.15) is 0 Å². The fourth-order valence-electron chi connectivity index (χ4n) is 4.85. The Balaban J connectivity index is 1.57. The number of hydrogen-bond donors (Lipinski definition) is 1. The van der Waals surface area contributed by atoms with Crippen molar-refractivity contribution in [3.63, 3.8) is 0 Å². The Kier molecular flexibility index (Phi) is 4.55. The van der Waals surface area contributed by atoms with Crippen molar-refractivity contribution in [3.8, 4) is 0 Å². The summed E-state index contributed by atoms with van der Waals surface area (Å²) in [5, 5.41) is 0. The number of carbonyl (C=O) groups excluding carboxylic acids is 1. The molecule has 3 fully saturated rings. The molecule has 1 heterocycles. The van der Waals surface area contributed by atoms with E-state index in [1.165, 1.54) is 19.3 Å². The first-order chi connectivity index (χ1) is 10.1. The van der Waals surface area contributed by atoms with Crippen LogP contribution in [-0.4, -0.2) is 55.0 Å². The van der Waals surface area contributed by atoms with Crippen LogP contribution in [0.2, 0.25) is 0 Å². The van der Waals surface area contributed by atoms with Gasteiger partial charge in [0, 0.05) is 31.1 Å². The summed E-state index contributed by atoms with van der Waals surface area (Å²) in [6.45, 7) is 1.89. The van der Waals surface area contributed by atoms with E-state index in [1.54, 1.807) is 0 Å². The Labute approximate surface area is 129 Å². The molecule has 3 rings (SSSR count). The summed E-state index contributed by atoms with van der Waals surface area (Å²) in [5.74, 6) is 1.89. The molecule has 2 N–H and O–H groups in total. The third-order valence-electron chi connectivity index (χ3n) is 6.27. The highest BCUT2D eigenvalue weighted by molar-refractivity contribution is 5.79. The summed E-state index contributed by atoms with van der Waals surface area (Å²) in [4.78, 5) is 17.3. The summed E-state index contributed by atoms with van der Waals surface area (Å²) < 4.78 is 0. The van der Waals surface area contributed by atoms with Crippen LogP contribution in [0.15, 0.2) is 0 Å². The molecule has 1 saturated heterocycles. The third kappa shape index (κ3) is 3.11. The number of likely N-dealkylation sites (tertiary alicyclic amines) is 1. The Morgan fingerprint density at radius 2 is 1.62 bits per heavy atom. The topological polar surface area (TPSA) is 49.6 Å². The Hall–Kier alpha value is -0.610. The average Bonchev–Trinajstić information content (AvgIpc) is 2.46. The molecule has 4 heteroatoms. The molecule has 2 atom stereocenters. The molecule has 1 amide bonds. The van der Waals surface area contributed by atoms with Crippen LogP contribution in [0.3, 0.4) is 0 Å². The van der Waals surface area contributed by atoms with Gasteiger partial charge in [-0.1, -0.05) is 6.42 Å². The van der Waals surface area contributed by atoms with E-state index in [9.17, 15) is 4.79 Å². The number of amides is 1. The SMILES string of the molecule is CN(C)C1CCN(C(=O)C2CC3CCCC(C2)C3N)CC1. The monoisotopic (exact) mass is 293 g/mol. The Morgan fingerprint density at radius 1 is 1.05 bits per heavy atom. The summed E-state index contributed by atoms with van der Waals surface area (Å²) in [5.41, 5.74) is 6.35. The zero-order chi connectivity index (χ0) is 15.0. The number of nitrogens with two attached hydrogens (primary N) is 1. The van der Waals surface area contributed by atoms with Crippen molar-refractivity contribution in [3.05, 3.63) is 0 Å². The predicted octanol–water partition coefficient (Wildman–Crippen LogP) is 1.69. The van der Waals surface area contributed by atoms with Crippen molar-refractivity contribution in [2.75, 3.05) is 27.2 Å². The maximum atomic E-state index is 12.8. The van der Waals surface area contributed by atoms with Gasteiger partial charge in [0.05, 0.1) is 0 Å². The second-order valence-corrected chi connectivity index (χ2v) is 7.72. The molecule has 2 saturated carbocycles. The van der Waals surface area contributed by atoms with Gasteiger partial charge in [0.25, 0.3) is 0 Å². The van der Waals surface area contributed by atoms with Crippen LogP contribution in [0.4, 0.5) is 0 Å². The minimum Gasteiger partial charge on any atom is -0.342 e. The highest BCUT2D eigenvalue weighted by Crippen LogP contribution is 2.42. The van der Waals surface area contributed by atoms with Gasteiger partial charge in [-0.15, -0.1) is 0 Å². The molecule has 0 radical (unpaired) electrons. The first-order valence-corrected chi connectivity index (χ1v) is 8.77. The summed E-state index contributed by atoms with van der Waals surface area (Å²) in [6, 6.07) is 1.01. The highest BCUT2D eigenvalue weighted by atomic mass is 16.2. The number of hydrogen-bond acceptors (Lipinski definition) is 3. The quantitative estimate of drug-likeness (QED) is 0.843. The number of fused-ring (bicyclic) bond motifs is 2. The molecule has 0 aromatic heterocycles. The maximum Gasteiger partial charge on any atom is 0.225 e. The second kappa shape index (κ2) is 6.25. The normalized spacial score (nSPS) is 37.8. The van der Waals surface area contributed by atoms with Crippen LogP contribution in [0.1, 0.15) is 44.9 Å². The van der Waals surface area contributed by atoms with E-state index in [2.05, 4.69) is 23.9 Å². The lowest BCUT2D eigenvalue weighted by atomic mass is 9.65. The molecule has 2 bridgehead atoms. The van der Waals surface area contributed by atoms with Crippen molar-refractivity contribution in [1.82, 2.24) is 9.80 Å². The predicted molar refractivity (Wildman–Crippen MR) is 84.8 cm³/mol. The molecule has 0 spiro atoms. The minimum atomic E-state index is 0.260. The molecule has 2 unspecified atom stereocenters. The minimum absolute atomic E-state index is 0.260. The van der Waals surface area contributed by atoms with Gasteiger partial charge in [-0.3, -0.25) is 4.79 Å². The Morgan fingerprint density at radius 3 is 2.14 bits per heavy atom. The van der Waals surface area contributed by atoms with E-state index in [1.807, 2.05) is 0 Å². The number of carbonyl (C=O) groups is 1. The van der Waals surface area contributed by atoms with Crippen LogP contribution >= 0.6 is 0 Å². The summed E-state index contributed by atoms with van der Waals surface area (Å²) >= 11 is 0. The van der Waals surface area contributed by atoms with Crippen molar-refractivity contribution in [1.29, 1.82) is 0 Å². The largest absolute Gasteiger partial charge is 0.342 e. The molecule has 21 heavy (non-hydrogen) atoms. The van der Waals surface area contributed by atoms with E-state index < -0.39 is 0 Å². The molecule has 2 aliphatic carbocycles. The van der Waals surface area contributed by atoms with E-state index in [0.29, 0.717) is 29.8 Å². The fraction of sp³-hybridized carbons (Fsp3) is 0.941. The van der Waals surface area contributed by atoms with Crippen molar-refractivity contribution >= 4 is 5.91 Å². The fourth-order valence-corrected chi connectivity index (χ4v) is 4.85. The van der Waals surface area contributed by atoms with Gasteiger partial charge in [0.15, 0.2) is 0 Å². The molecule has 3 aliphatic rings. The molecule has 0 aromatic rings. The second-order valence-electron chi connectivity index (χ2n) is 7.72. The first kappa shape index (κ1) is 15.3. The van der Waals surface area contributed by atoms with Gasteiger partial charge in [0.2, 0.25) is 5.91 Å². The first-order valence-electron chi connectivity index (χ1n) is 8.77. The van der Waals surface area contributed by atoms with Crippen molar-refractivity contribution in [2.24, 2.45) is 23.5 Å². The van der Waals surface area contributed by atoms with Crippen molar-refractivity contribution in [2.45, 2.75) is 57.0 Å². The van der Waals surface area contributed by atoms with Crippen LogP contribution < -0.4 is 5.73 Å².